The minimum Gasteiger partial charge on any atom is -0.501 e. The second-order valence-corrected chi connectivity index (χ2v) is 6.82. The molecule has 4 amide bonds. The van der Waals surface area contributed by atoms with E-state index in [1.165, 1.54) is 13.4 Å². The van der Waals surface area contributed by atoms with Gasteiger partial charge in [0.2, 0.25) is 0 Å². The van der Waals surface area contributed by atoms with Gasteiger partial charge >= 0.3 is 18.1 Å². The Balaban J connectivity index is 1.85. The van der Waals surface area contributed by atoms with Crippen LogP contribution >= 0.6 is 0 Å². The molecule has 1 aromatic carbocycles. The van der Waals surface area contributed by atoms with Crippen molar-refractivity contribution < 1.29 is 33.4 Å². The number of ether oxygens (including phenoxy) is 3. The third-order valence-corrected chi connectivity index (χ3v) is 4.52. The zero-order valence-electron chi connectivity index (χ0n) is 17.9. The van der Waals surface area contributed by atoms with Gasteiger partial charge in [0.25, 0.3) is 5.91 Å². The Labute approximate surface area is 186 Å². The van der Waals surface area contributed by atoms with Crippen molar-refractivity contribution in [2.45, 2.75) is 32.0 Å². The van der Waals surface area contributed by atoms with Crippen LogP contribution in [0.3, 0.4) is 0 Å². The van der Waals surface area contributed by atoms with Crippen LogP contribution in [0.2, 0.25) is 0 Å². The van der Waals surface area contributed by atoms with E-state index in [0.717, 1.165) is 11.6 Å². The molecule has 0 radical (unpaired) electrons. The Hall–Kier alpha value is -3.82. The van der Waals surface area contributed by atoms with Crippen molar-refractivity contribution in [1.82, 2.24) is 16.0 Å². The lowest BCUT2D eigenvalue weighted by Crippen LogP contribution is -2.47. The van der Waals surface area contributed by atoms with Gasteiger partial charge in [-0.15, -0.1) is 0 Å². The lowest BCUT2D eigenvalue weighted by atomic mass is 9.98. The molecule has 2 rings (SSSR count). The highest BCUT2D eigenvalue weighted by Gasteiger charge is 2.34. The highest BCUT2D eigenvalue weighted by atomic mass is 16.6. The SMILES string of the molecule is CCO/C=C/C(=O)NC(=O)N[C@H]1C=C[C@@H]([C@H](NC(=O)OCc2ccccc2)C(=O)OC)C1. The molecule has 0 saturated heterocycles. The monoisotopic (exact) mass is 445 g/mol. The van der Waals surface area contributed by atoms with Gasteiger partial charge in [0, 0.05) is 18.0 Å². The summed E-state index contributed by atoms with van der Waals surface area (Å²) in [5, 5.41) is 7.27. The van der Waals surface area contributed by atoms with Gasteiger partial charge in [-0.2, -0.15) is 0 Å². The van der Waals surface area contributed by atoms with Crippen LogP contribution in [0.4, 0.5) is 9.59 Å². The van der Waals surface area contributed by atoms with Gasteiger partial charge in [-0.05, 0) is 18.9 Å². The number of imide groups is 1. The molecule has 1 aliphatic rings. The van der Waals surface area contributed by atoms with Crippen molar-refractivity contribution in [1.29, 1.82) is 0 Å². The van der Waals surface area contributed by atoms with Crippen LogP contribution < -0.4 is 16.0 Å². The topological polar surface area (TPSA) is 132 Å². The molecule has 0 bridgehead atoms. The van der Waals surface area contributed by atoms with Gasteiger partial charge in [0.05, 0.1) is 20.0 Å². The van der Waals surface area contributed by atoms with Crippen LogP contribution in [-0.4, -0.2) is 49.8 Å². The Morgan fingerprint density at radius 3 is 2.59 bits per heavy atom. The van der Waals surface area contributed by atoms with E-state index >= 15 is 0 Å². The van der Waals surface area contributed by atoms with Crippen molar-refractivity contribution in [3.8, 4) is 0 Å². The highest BCUT2D eigenvalue weighted by molar-refractivity contribution is 6.00. The number of benzene rings is 1. The van der Waals surface area contributed by atoms with Crippen molar-refractivity contribution >= 4 is 24.0 Å². The first kappa shape index (κ1) is 24.4. The number of urea groups is 1. The summed E-state index contributed by atoms with van der Waals surface area (Å²) in [4.78, 5) is 48.0. The first-order valence-corrected chi connectivity index (χ1v) is 10.1. The van der Waals surface area contributed by atoms with Crippen molar-refractivity contribution in [2.75, 3.05) is 13.7 Å². The first-order chi connectivity index (χ1) is 15.4. The molecular weight excluding hydrogens is 418 g/mol. The maximum absolute atomic E-state index is 12.2. The van der Waals surface area contributed by atoms with E-state index in [1.807, 2.05) is 30.3 Å². The van der Waals surface area contributed by atoms with E-state index in [9.17, 15) is 19.2 Å². The number of nitrogens with one attached hydrogen (secondary N) is 3. The number of amides is 4. The molecule has 0 spiro atoms. The van der Waals surface area contributed by atoms with E-state index in [2.05, 4.69) is 16.0 Å². The summed E-state index contributed by atoms with van der Waals surface area (Å²) in [7, 11) is 1.22. The standard InChI is InChI=1S/C22H27N3O7/c1-3-31-12-11-18(26)24-21(28)23-17-10-9-16(13-17)19(20(27)30-2)25-22(29)32-14-15-7-5-4-6-8-15/h4-12,16-17,19H,3,13-14H2,1-2H3,(H,25,29)(H2,23,24,26,28)/b12-11+/t16-,17+,19+/m1/s1. The van der Waals surface area contributed by atoms with Crippen LogP contribution in [0, 0.1) is 5.92 Å². The van der Waals surface area contributed by atoms with Crippen molar-refractivity contribution in [3.05, 3.63) is 60.4 Å². The number of methoxy groups -OCH3 is 1. The Morgan fingerprint density at radius 1 is 1.16 bits per heavy atom. The number of hydrogen-bond donors (Lipinski definition) is 3. The largest absolute Gasteiger partial charge is 0.501 e. The molecule has 10 nitrogen and oxygen atoms in total. The molecule has 0 heterocycles. The van der Waals surface area contributed by atoms with Crippen molar-refractivity contribution in [3.63, 3.8) is 0 Å². The fourth-order valence-electron chi connectivity index (χ4n) is 3.01. The molecule has 10 heteroatoms. The molecule has 32 heavy (non-hydrogen) atoms. The summed E-state index contributed by atoms with van der Waals surface area (Å²) in [6.45, 7) is 2.22. The van der Waals surface area contributed by atoms with Crippen molar-refractivity contribution in [2.24, 2.45) is 5.92 Å². The molecule has 0 fully saturated rings. The Bertz CT molecular complexity index is 854. The lowest BCUT2D eigenvalue weighted by molar-refractivity contribution is -0.144. The maximum atomic E-state index is 12.2. The van der Waals surface area contributed by atoms with Gasteiger partial charge in [0.15, 0.2) is 0 Å². The molecule has 3 N–H and O–H groups in total. The minimum absolute atomic E-state index is 0.0528. The van der Waals surface area contributed by atoms with Gasteiger partial charge in [-0.1, -0.05) is 42.5 Å². The molecule has 0 saturated carbocycles. The number of carbonyl (C=O) groups is 4. The summed E-state index contributed by atoms with van der Waals surface area (Å²) < 4.78 is 14.9. The van der Waals surface area contributed by atoms with Gasteiger partial charge < -0.3 is 24.8 Å². The average Bonchev–Trinajstić information content (AvgIpc) is 3.24. The predicted molar refractivity (Wildman–Crippen MR) is 114 cm³/mol. The molecule has 1 aromatic rings. The summed E-state index contributed by atoms with van der Waals surface area (Å²) in [6, 6.07) is 6.97. The molecule has 1 aliphatic carbocycles. The zero-order valence-corrected chi connectivity index (χ0v) is 17.9. The zero-order chi connectivity index (χ0) is 23.3. The lowest BCUT2D eigenvalue weighted by Gasteiger charge is -2.22. The van der Waals surface area contributed by atoms with Crippen LogP contribution in [0.1, 0.15) is 18.9 Å². The van der Waals surface area contributed by atoms with E-state index in [-0.39, 0.29) is 6.61 Å². The van der Waals surface area contributed by atoms with Gasteiger partial charge in [-0.3, -0.25) is 10.1 Å². The molecular formula is C22H27N3O7. The summed E-state index contributed by atoms with van der Waals surface area (Å²) in [6.07, 6.45) is 5.21. The van der Waals surface area contributed by atoms with Crippen LogP contribution in [0.5, 0.6) is 0 Å². The third-order valence-electron chi connectivity index (χ3n) is 4.52. The van der Waals surface area contributed by atoms with Crippen LogP contribution in [0.25, 0.3) is 0 Å². The fourth-order valence-corrected chi connectivity index (χ4v) is 3.01. The smallest absolute Gasteiger partial charge is 0.408 e. The third kappa shape index (κ3) is 8.13. The maximum Gasteiger partial charge on any atom is 0.408 e. The first-order valence-electron chi connectivity index (χ1n) is 10.1. The van der Waals surface area contributed by atoms with E-state index < -0.39 is 42.0 Å². The average molecular weight is 445 g/mol. The number of hydrogen-bond acceptors (Lipinski definition) is 7. The molecule has 0 aromatic heterocycles. The van der Waals surface area contributed by atoms with Crippen LogP contribution in [0.15, 0.2) is 54.8 Å². The molecule has 3 atom stereocenters. The van der Waals surface area contributed by atoms with E-state index in [1.54, 1.807) is 19.1 Å². The summed E-state index contributed by atoms with van der Waals surface area (Å²) in [5.74, 6) is -1.71. The van der Waals surface area contributed by atoms with Crippen LogP contribution in [-0.2, 0) is 30.4 Å². The summed E-state index contributed by atoms with van der Waals surface area (Å²) in [5.41, 5.74) is 0.805. The normalized spacial score (nSPS) is 17.9. The molecule has 0 aliphatic heterocycles. The summed E-state index contributed by atoms with van der Waals surface area (Å²) >= 11 is 0. The van der Waals surface area contributed by atoms with Gasteiger partial charge in [-0.25, -0.2) is 14.4 Å². The van der Waals surface area contributed by atoms with Gasteiger partial charge in [0.1, 0.15) is 12.6 Å². The second kappa shape index (κ2) is 12.8. The fraction of sp³-hybridized carbons (Fsp3) is 0.364. The molecule has 172 valence electrons. The highest BCUT2D eigenvalue weighted by Crippen LogP contribution is 2.22. The number of alkyl carbamates (subject to hydrolysis) is 1. The predicted octanol–water partition coefficient (Wildman–Crippen LogP) is 1.78. The minimum atomic E-state index is -0.995. The molecule has 0 unspecified atom stereocenters. The second-order valence-electron chi connectivity index (χ2n) is 6.82. The number of esters is 1. The Morgan fingerprint density at radius 2 is 1.91 bits per heavy atom. The van der Waals surface area contributed by atoms with E-state index in [0.29, 0.717) is 13.0 Å². The number of carbonyl (C=O) groups excluding carboxylic acids is 4. The Kier molecular flexibility index (Phi) is 9.76. The van der Waals surface area contributed by atoms with E-state index in [4.69, 9.17) is 14.2 Å². The number of rotatable bonds is 9. The quantitative estimate of drug-likeness (QED) is 0.228.